The minimum absolute atomic E-state index is 0.0808. The van der Waals surface area contributed by atoms with Gasteiger partial charge in [-0.2, -0.15) is 0 Å². The van der Waals surface area contributed by atoms with E-state index in [0.717, 1.165) is 23.0 Å². The van der Waals surface area contributed by atoms with Gasteiger partial charge in [-0.25, -0.2) is 4.39 Å². The minimum Gasteiger partial charge on any atom is -0.330 e. The molecule has 2 rings (SSSR count). The predicted octanol–water partition coefficient (Wildman–Crippen LogP) is 2.85. The van der Waals surface area contributed by atoms with Crippen LogP contribution in [-0.2, 0) is 0 Å². The lowest BCUT2D eigenvalue weighted by atomic mass is 9.98. The van der Waals surface area contributed by atoms with Gasteiger partial charge in [0.05, 0.1) is 0 Å². The molecule has 2 atom stereocenters. The second kappa shape index (κ2) is 5.04. The fourth-order valence-electron chi connectivity index (χ4n) is 2.63. The van der Waals surface area contributed by atoms with Gasteiger partial charge in [-0.3, -0.25) is 4.90 Å². The third-order valence-electron chi connectivity index (χ3n) is 3.57. The minimum atomic E-state index is -0.0808. The van der Waals surface area contributed by atoms with Crippen molar-refractivity contribution in [2.45, 2.75) is 19.4 Å². The molecule has 1 heterocycles. The SMILES string of the molecule is Cc1cc(Br)cc(C2CC(CN)CN2C)c1F. The number of nitrogens with zero attached hydrogens (tertiary/aromatic N) is 1. The molecule has 0 amide bonds. The highest BCUT2D eigenvalue weighted by Gasteiger charge is 2.31. The van der Waals surface area contributed by atoms with Crippen molar-refractivity contribution in [2.24, 2.45) is 11.7 Å². The molecule has 0 radical (unpaired) electrons. The van der Waals surface area contributed by atoms with Crippen molar-refractivity contribution < 1.29 is 4.39 Å². The first-order valence-electron chi connectivity index (χ1n) is 5.88. The highest BCUT2D eigenvalue weighted by Crippen LogP contribution is 2.36. The zero-order chi connectivity index (χ0) is 12.6. The van der Waals surface area contributed by atoms with Crippen LogP contribution in [0.5, 0.6) is 0 Å². The van der Waals surface area contributed by atoms with Crippen LogP contribution < -0.4 is 5.73 Å². The van der Waals surface area contributed by atoms with E-state index in [1.165, 1.54) is 0 Å². The Labute approximate surface area is 110 Å². The molecule has 0 aliphatic carbocycles. The molecule has 17 heavy (non-hydrogen) atoms. The van der Waals surface area contributed by atoms with Crippen molar-refractivity contribution in [1.82, 2.24) is 4.90 Å². The second-order valence-corrected chi connectivity index (χ2v) is 5.83. The number of benzene rings is 1. The summed E-state index contributed by atoms with van der Waals surface area (Å²) in [7, 11) is 2.04. The summed E-state index contributed by atoms with van der Waals surface area (Å²) in [4.78, 5) is 2.20. The molecule has 4 heteroatoms. The Kier molecular flexibility index (Phi) is 3.85. The Hall–Kier alpha value is -0.450. The van der Waals surface area contributed by atoms with Gasteiger partial charge in [0.2, 0.25) is 0 Å². The van der Waals surface area contributed by atoms with Crippen LogP contribution in [0, 0.1) is 18.7 Å². The standard InChI is InChI=1S/C13H18BrFN2/c1-8-3-10(14)5-11(13(8)15)12-4-9(6-16)7-17(12)2/h3,5,9,12H,4,6-7,16H2,1-2H3. The molecule has 2 N–H and O–H groups in total. The highest BCUT2D eigenvalue weighted by atomic mass is 79.9. The summed E-state index contributed by atoms with van der Waals surface area (Å²) in [6, 6.07) is 3.86. The fraction of sp³-hybridized carbons (Fsp3) is 0.538. The zero-order valence-electron chi connectivity index (χ0n) is 10.2. The van der Waals surface area contributed by atoms with Crippen LogP contribution in [0.15, 0.2) is 16.6 Å². The van der Waals surface area contributed by atoms with Crippen molar-refractivity contribution in [3.8, 4) is 0 Å². The summed E-state index contributed by atoms with van der Waals surface area (Å²) in [5.41, 5.74) is 7.19. The third-order valence-corrected chi connectivity index (χ3v) is 4.03. The molecule has 1 saturated heterocycles. The first-order valence-corrected chi connectivity index (χ1v) is 6.68. The number of aryl methyl sites for hydroxylation is 1. The first kappa shape index (κ1) is 13.0. The topological polar surface area (TPSA) is 29.3 Å². The van der Waals surface area contributed by atoms with E-state index in [1.54, 1.807) is 6.92 Å². The Morgan fingerprint density at radius 2 is 2.24 bits per heavy atom. The van der Waals surface area contributed by atoms with E-state index in [1.807, 2.05) is 19.2 Å². The van der Waals surface area contributed by atoms with Crippen molar-refractivity contribution >= 4 is 15.9 Å². The molecule has 1 aromatic rings. The van der Waals surface area contributed by atoms with Crippen molar-refractivity contribution in [3.05, 3.63) is 33.5 Å². The average molecular weight is 301 g/mol. The van der Waals surface area contributed by atoms with Crippen LogP contribution in [0.25, 0.3) is 0 Å². The Balaban J connectivity index is 2.34. The molecule has 1 fully saturated rings. The van der Waals surface area contributed by atoms with Gasteiger partial charge in [-0.1, -0.05) is 15.9 Å². The lowest BCUT2D eigenvalue weighted by Crippen LogP contribution is -2.21. The van der Waals surface area contributed by atoms with E-state index < -0.39 is 0 Å². The number of nitrogens with two attached hydrogens (primary N) is 1. The number of halogens is 2. The maximum atomic E-state index is 14.2. The molecule has 1 aliphatic rings. The molecule has 0 spiro atoms. The predicted molar refractivity (Wildman–Crippen MR) is 71.4 cm³/mol. The average Bonchev–Trinajstić information content (AvgIpc) is 2.65. The van der Waals surface area contributed by atoms with Crippen LogP contribution in [0.4, 0.5) is 4.39 Å². The zero-order valence-corrected chi connectivity index (χ0v) is 11.8. The van der Waals surface area contributed by atoms with Gasteiger partial charge in [-0.15, -0.1) is 0 Å². The van der Waals surface area contributed by atoms with Gasteiger partial charge in [0, 0.05) is 22.6 Å². The molecular weight excluding hydrogens is 283 g/mol. The Bertz CT molecular complexity index is 422. The van der Waals surface area contributed by atoms with Crippen molar-refractivity contribution in [3.63, 3.8) is 0 Å². The summed E-state index contributed by atoms with van der Waals surface area (Å²) < 4.78 is 15.1. The maximum absolute atomic E-state index is 14.2. The highest BCUT2D eigenvalue weighted by molar-refractivity contribution is 9.10. The van der Waals surface area contributed by atoms with Crippen LogP contribution in [-0.4, -0.2) is 25.0 Å². The van der Waals surface area contributed by atoms with Gasteiger partial charge in [0.15, 0.2) is 0 Å². The molecule has 0 saturated carbocycles. The number of rotatable bonds is 2. The Morgan fingerprint density at radius 3 is 2.82 bits per heavy atom. The van der Waals surface area contributed by atoms with Gasteiger partial charge in [0.1, 0.15) is 5.82 Å². The summed E-state index contributed by atoms with van der Waals surface area (Å²) in [5.74, 6) is 0.395. The van der Waals surface area contributed by atoms with Gasteiger partial charge >= 0.3 is 0 Å². The van der Waals surface area contributed by atoms with Crippen LogP contribution in [0.2, 0.25) is 0 Å². The quantitative estimate of drug-likeness (QED) is 0.910. The first-order chi connectivity index (χ1) is 8.02. The second-order valence-electron chi connectivity index (χ2n) is 4.92. The molecule has 0 bridgehead atoms. The molecule has 1 aromatic carbocycles. The monoisotopic (exact) mass is 300 g/mol. The maximum Gasteiger partial charge on any atom is 0.130 e. The molecule has 94 valence electrons. The van der Waals surface area contributed by atoms with E-state index in [-0.39, 0.29) is 11.9 Å². The van der Waals surface area contributed by atoms with Gasteiger partial charge in [0.25, 0.3) is 0 Å². The van der Waals surface area contributed by atoms with Crippen molar-refractivity contribution in [2.75, 3.05) is 20.1 Å². The van der Waals surface area contributed by atoms with E-state index in [0.29, 0.717) is 18.0 Å². The summed E-state index contributed by atoms with van der Waals surface area (Å²) >= 11 is 3.44. The summed E-state index contributed by atoms with van der Waals surface area (Å²) in [5, 5.41) is 0. The molecule has 1 aliphatic heterocycles. The van der Waals surface area contributed by atoms with Crippen LogP contribution >= 0.6 is 15.9 Å². The normalized spacial score (nSPS) is 25.5. The molecule has 2 nitrogen and oxygen atoms in total. The van der Waals surface area contributed by atoms with E-state index in [4.69, 9.17) is 5.73 Å². The van der Waals surface area contributed by atoms with E-state index >= 15 is 0 Å². The largest absolute Gasteiger partial charge is 0.330 e. The van der Waals surface area contributed by atoms with Crippen LogP contribution in [0.3, 0.4) is 0 Å². The lowest BCUT2D eigenvalue weighted by molar-refractivity contribution is 0.306. The summed E-state index contributed by atoms with van der Waals surface area (Å²) in [6.45, 7) is 3.43. The van der Waals surface area contributed by atoms with Crippen LogP contribution in [0.1, 0.15) is 23.6 Å². The van der Waals surface area contributed by atoms with E-state index in [9.17, 15) is 4.39 Å². The third kappa shape index (κ3) is 2.54. The van der Waals surface area contributed by atoms with Gasteiger partial charge in [-0.05, 0) is 50.6 Å². The fourth-order valence-corrected chi connectivity index (χ4v) is 3.22. The lowest BCUT2D eigenvalue weighted by Gasteiger charge is -2.21. The number of likely N-dealkylation sites (tertiary alicyclic amines) is 1. The molecule has 0 aromatic heterocycles. The van der Waals surface area contributed by atoms with Crippen molar-refractivity contribution in [1.29, 1.82) is 0 Å². The number of hydrogen-bond donors (Lipinski definition) is 1. The number of hydrogen-bond acceptors (Lipinski definition) is 2. The molecular formula is C13H18BrFN2. The van der Waals surface area contributed by atoms with Gasteiger partial charge < -0.3 is 5.73 Å². The summed E-state index contributed by atoms with van der Waals surface area (Å²) in [6.07, 6.45) is 0.944. The van der Waals surface area contributed by atoms with E-state index in [2.05, 4.69) is 20.8 Å². The Morgan fingerprint density at radius 1 is 1.53 bits per heavy atom. The molecule has 2 unspecified atom stereocenters. The smallest absolute Gasteiger partial charge is 0.130 e.